The number of benzene rings is 3. The minimum absolute atomic E-state index is 0.00772. The third-order valence-corrected chi connectivity index (χ3v) is 10.5. The molecule has 2 bridgehead atoms. The lowest BCUT2D eigenvalue weighted by Gasteiger charge is -2.34. The third kappa shape index (κ3) is 5.31. The fourth-order valence-corrected chi connectivity index (χ4v) is 8.06. The van der Waals surface area contributed by atoms with Gasteiger partial charge >= 0.3 is 6.01 Å². The normalized spacial score (nSPS) is 24.0. The summed E-state index contributed by atoms with van der Waals surface area (Å²) in [4.78, 5) is 14.1. The monoisotopic (exact) mass is 623 g/mol. The van der Waals surface area contributed by atoms with Crippen LogP contribution in [0.3, 0.4) is 0 Å². The van der Waals surface area contributed by atoms with Crippen molar-refractivity contribution in [3.8, 4) is 35.2 Å². The Morgan fingerprint density at radius 1 is 1.09 bits per heavy atom. The van der Waals surface area contributed by atoms with Gasteiger partial charge in [0.25, 0.3) is 0 Å². The summed E-state index contributed by atoms with van der Waals surface area (Å²) in [5, 5.41) is 15.6. The topological polar surface area (TPSA) is 73.8 Å². The maximum atomic E-state index is 16.9. The first-order chi connectivity index (χ1) is 22.3. The maximum Gasteiger partial charge on any atom is 0.319 e. The number of piperidine rings is 1. The van der Waals surface area contributed by atoms with Crippen LogP contribution in [0, 0.1) is 35.3 Å². The minimum Gasteiger partial charge on any atom is -0.508 e. The highest BCUT2D eigenvalue weighted by Crippen LogP contribution is 2.47. The third-order valence-electron chi connectivity index (χ3n) is 10.5. The van der Waals surface area contributed by atoms with E-state index >= 15 is 8.78 Å². The SMILES string of the molecule is C#Cc1cccc2cc(O)cc(-c3c(F)cc4c(N5CC6CCC(C5)N6)nc(OCC5(CN6CCC[C@@H](C)C6)CC5)nc4c3F)c12. The fraction of sp³-hybridized carbons (Fsp3) is 0.459. The van der Waals surface area contributed by atoms with Crippen LogP contribution in [0.4, 0.5) is 14.6 Å². The Bertz CT molecular complexity index is 1870. The molecule has 7 nitrogen and oxygen atoms in total. The van der Waals surface area contributed by atoms with E-state index in [2.05, 4.69) is 32.9 Å². The smallest absolute Gasteiger partial charge is 0.319 e. The molecule has 2 unspecified atom stereocenters. The second-order valence-electron chi connectivity index (χ2n) is 14.1. The molecule has 4 heterocycles. The number of phenols is 1. The van der Waals surface area contributed by atoms with Gasteiger partial charge in [0.1, 0.15) is 22.9 Å². The second-order valence-corrected chi connectivity index (χ2v) is 14.1. The molecule has 8 rings (SSSR count). The lowest BCUT2D eigenvalue weighted by molar-refractivity contribution is 0.119. The molecule has 4 fully saturated rings. The molecule has 1 aromatic heterocycles. The molecule has 9 heteroatoms. The van der Waals surface area contributed by atoms with Crippen molar-refractivity contribution in [1.29, 1.82) is 0 Å². The molecule has 3 aliphatic heterocycles. The minimum atomic E-state index is -0.830. The van der Waals surface area contributed by atoms with Crippen molar-refractivity contribution < 1.29 is 18.6 Å². The van der Waals surface area contributed by atoms with Crippen molar-refractivity contribution in [1.82, 2.24) is 20.2 Å². The van der Waals surface area contributed by atoms with Crippen LogP contribution in [-0.4, -0.2) is 71.4 Å². The van der Waals surface area contributed by atoms with Gasteiger partial charge in [-0.05, 0) is 80.6 Å². The Morgan fingerprint density at radius 2 is 1.89 bits per heavy atom. The number of aromatic hydroxyl groups is 1. The molecule has 4 aromatic rings. The number of anilines is 1. The summed E-state index contributed by atoms with van der Waals surface area (Å²) in [7, 11) is 0. The van der Waals surface area contributed by atoms with Crippen molar-refractivity contribution in [2.75, 3.05) is 44.2 Å². The van der Waals surface area contributed by atoms with Crippen molar-refractivity contribution in [3.63, 3.8) is 0 Å². The lowest BCUT2D eigenvalue weighted by Crippen LogP contribution is -2.51. The molecular formula is C37H39F2N5O2. The number of likely N-dealkylation sites (tertiary alicyclic amines) is 1. The number of halogens is 2. The van der Waals surface area contributed by atoms with Crippen molar-refractivity contribution in [2.45, 2.75) is 57.5 Å². The maximum absolute atomic E-state index is 16.9. The van der Waals surface area contributed by atoms with E-state index in [0.29, 0.717) is 65.2 Å². The molecule has 0 amide bonds. The van der Waals surface area contributed by atoms with Crippen LogP contribution in [0.2, 0.25) is 0 Å². The van der Waals surface area contributed by atoms with Crippen LogP contribution < -0.4 is 15.0 Å². The zero-order valence-electron chi connectivity index (χ0n) is 26.2. The summed E-state index contributed by atoms with van der Waals surface area (Å²) < 4.78 is 39.5. The van der Waals surface area contributed by atoms with Crippen LogP contribution in [-0.2, 0) is 0 Å². The molecule has 238 valence electrons. The highest BCUT2D eigenvalue weighted by molar-refractivity contribution is 6.04. The Morgan fingerprint density at radius 3 is 2.63 bits per heavy atom. The summed E-state index contributed by atoms with van der Waals surface area (Å²) >= 11 is 0. The van der Waals surface area contributed by atoms with Gasteiger partial charge in [-0.25, -0.2) is 8.78 Å². The molecule has 46 heavy (non-hydrogen) atoms. The van der Waals surface area contributed by atoms with E-state index in [0.717, 1.165) is 45.3 Å². The molecule has 1 saturated carbocycles. The molecule has 2 N–H and O–H groups in total. The number of aromatic nitrogens is 2. The Balaban J connectivity index is 1.22. The van der Waals surface area contributed by atoms with E-state index in [1.807, 2.05) is 0 Å². The zero-order valence-corrected chi connectivity index (χ0v) is 26.2. The number of hydrogen-bond donors (Lipinski definition) is 2. The molecular weight excluding hydrogens is 584 g/mol. The van der Waals surface area contributed by atoms with Crippen molar-refractivity contribution >= 4 is 27.5 Å². The predicted molar refractivity (Wildman–Crippen MR) is 176 cm³/mol. The van der Waals surface area contributed by atoms with Gasteiger partial charge in [-0.3, -0.25) is 0 Å². The number of rotatable bonds is 7. The number of terminal acetylenes is 1. The van der Waals surface area contributed by atoms with Crippen LogP contribution in [0.15, 0.2) is 36.4 Å². The molecule has 0 spiro atoms. The number of phenolic OH excluding ortho intramolecular Hbond substituents is 1. The first-order valence-electron chi connectivity index (χ1n) is 16.6. The summed E-state index contributed by atoms with van der Waals surface area (Å²) in [6.07, 6.45) is 12.6. The standard InChI is InChI=1S/C37H39F2N5O2/c1-3-23-7-4-8-24-14-27(45)15-28(31(23)24)32-30(38)16-29-34(33(32)39)41-36(42-35(29)44-18-25-9-10-26(19-44)40-25)46-21-37(11-12-37)20-43-13-5-6-22(2)17-43/h1,4,7-8,14-16,22,25-26,40,45H,5-6,9-13,17-21H2,2H3/t22-,25?,26?/m1/s1. The van der Waals surface area contributed by atoms with Gasteiger partial charge in [-0.15, -0.1) is 6.42 Å². The Labute approximate surface area is 268 Å². The summed E-state index contributed by atoms with van der Waals surface area (Å²) in [6, 6.07) is 10.2. The van der Waals surface area contributed by atoms with Gasteiger partial charge < -0.3 is 25.0 Å². The first-order valence-corrected chi connectivity index (χ1v) is 16.6. The van der Waals surface area contributed by atoms with Crippen molar-refractivity contribution in [2.24, 2.45) is 11.3 Å². The zero-order chi connectivity index (χ0) is 31.6. The van der Waals surface area contributed by atoms with Crippen LogP contribution >= 0.6 is 0 Å². The average Bonchev–Trinajstić information content (AvgIpc) is 3.72. The lowest BCUT2D eigenvalue weighted by atomic mass is 9.93. The van der Waals surface area contributed by atoms with Gasteiger partial charge in [0.05, 0.1) is 12.2 Å². The largest absolute Gasteiger partial charge is 0.508 e. The van der Waals surface area contributed by atoms with E-state index in [1.165, 1.54) is 25.0 Å². The van der Waals surface area contributed by atoms with E-state index in [9.17, 15) is 5.11 Å². The highest BCUT2D eigenvalue weighted by Gasteiger charge is 2.45. The number of ether oxygens (including phenoxy) is 1. The van der Waals surface area contributed by atoms with E-state index < -0.39 is 11.6 Å². The molecule has 3 aromatic carbocycles. The van der Waals surface area contributed by atoms with Crippen LogP contribution in [0.1, 0.15) is 51.0 Å². The van der Waals surface area contributed by atoms with E-state index in [4.69, 9.17) is 16.1 Å². The predicted octanol–water partition coefficient (Wildman–Crippen LogP) is 6.25. The average molecular weight is 624 g/mol. The van der Waals surface area contributed by atoms with Crippen molar-refractivity contribution in [3.05, 3.63) is 53.6 Å². The fourth-order valence-electron chi connectivity index (χ4n) is 8.06. The first kappa shape index (κ1) is 29.4. The highest BCUT2D eigenvalue weighted by atomic mass is 19.1. The van der Waals surface area contributed by atoms with Gasteiger partial charge in [0.2, 0.25) is 0 Å². The molecule has 3 saturated heterocycles. The quantitative estimate of drug-likeness (QED) is 0.236. The van der Waals surface area contributed by atoms with E-state index in [1.54, 1.807) is 24.3 Å². The Kier molecular flexibility index (Phi) is 7.26. The van der Waals surface area contributed by atoms with Crippen LogP contribution in [0.25, 0.3) is 32.8 Å². The van der Waals surface area contributed by atoms with Gasteiger partial charge in [0.15, 0.2) is 5.82 Å². The number of fused-ring (bicyclic) bond motifs is 4. The second kappa shape index (κ2) is 11.4. The molecule has 3 atom stereocenters. The number of nitrogens with one attached hydrogen (secondary N) is 1. The van der Waals surface area contributed by atoms with E-state index in [-0.39, 0.29) is 33.8 Å². The molecule has 1 aliphatic carbocycles. The number of hydrogen-bond acceptors (Lipinski definition) is 7. The number of nitrogens with zero attached hydrogens (tertiary/aromatic N) is 4. The summed E-state index contributed by atoms with van der Waals surface area (Å²) in [5.74, 6) is 2.10. The molecule has 4 aliphatic rings. The summed E-state index contributed by atoms with van der Waals surface area (Å²) in [6.45, 7) is 7.33. The van der Waals surface area contributed by atoms with Gasteiger partial charge in [-0.1, -0.05) is 25.0 Å². The van der Waals surface area contributed by atoms with Crippen LogP contribution in [0.5, 0.6) is 11.8 Å². The van der Waals surface area contributed by atoms with Gasteiger partial charge in [0, 0.05) is 65.6 Å². The Hall–Kier alpha value is -4.00. The van der Waals surface area contributed by atoms with Gasteiger partial charge in [-0.2, -0.15) is 9.97 Å². The summed E-state index contributed by atoms with van der Waals surface area (Å²) in [5.41, 5.74) is 0.406. The molecule has 0 radical (unpaired) electrons. The number of piperazine rings is 1.